The number of Topliss-reactive ketones (excluding diaryl/α,β-unsaturated/α-hetero) is 1. The molecule has 1 aliphatic rings. The molecule has 0 unspecified atom stereocenters. The number of halogens is 1. The largest absolute Gasteiger partial charge is 0.493 e. The molecular formula is C25H23ClO3S. The van der Waals surface area contributed by atoms with Gasteiger partial charge in [-0.1, -0.05) is 41.9 Å². The summed E-state index contributed by atoms with van der Waals surface area (Å²) in [4.78, 5) is 14.5. The predicted octanol–water partition coefficient (Wildman–Crippen LogP) is 6.64. The zero-order valence-electron chi connectivity index (χ0n) is 16.9. The molecule has 0 saturated carbocycles. The first-order chi connectivity index (χ1) is 14.6. The maximum Gasteiger partial charge on any atom is 0.167 e. The van der Waals surface area contributed by atoms with E-state index in [4.69, 9.17) is 21.1 Å². The minimum absolute atomic E-state index is 0.0492. The van der Waals surface area contributed by atoms with Gasteiger partial charge in [0.25, 0.3) is 0 Å². The Morgan fingerprint density at radius 1 is 0.967 bits per heavy atom. The van der Waals surface area contributed by atoms with Crippen molar-refractivity contribution in [1.29, 1.82) is 0 Å². The molecule has 0 amide bonds. The van der Waals surface area contributed by atoms with Crippen LogP contribution in [0.1, 0.15) is 33.2 Å². The Morgan fingerprint density at radius 3 is 2.43 bits per heavy atom. The van der Waals surface area contributed by atoms with E-state index in [0.29, 0.717) is 16.5 Å². The summed E-state index contributed by atoms with van der Waals surface area (Å²) in [6.45, 7) is 0. The van der Waals surface area contributed by atoms with Crippen LogP contribution in [0.2, 0.25) is 5.02 Å². The van der Waals surface area contributed by atoms with Crippen LogP contribution in [0.25, 0.3) is 0 Å². The topological polar surface area (TPSA) is 35.5 Å². The van der Waals surface area contributed by atoms with Gasteiger partial charge in [0.05, 0.1) is 14.2 Å². The third-order valence-electron chi connectivity index (χ3n) is 5.52. The van der Waals surface area contributed by atoms with E-state index in [1.807, 2.05) is 60.7 Å². The van der Waals surface area contributed by atoms with Crippen molar-refractivity contribution in [2.75, 3.05) is 14.2 Å². The first kappa shape index (κ1) is 20.8. The molecule has 0 radical (unpaired) electrons. The van der Waals surface area contributed by atoms with E-state index >= 15 is 0 Å². The summed E-state index contributed by atoms with van der Waals surface area (Å²) in [6.07, 6.45) is 1.72. The normalized spacial score (nSPS) is 16.6. The highest BCUT2D eigenvalue weighted by molar-refractivity contribution is 7.99. The lowest BCUT2D eigenvalue weighted by atomic mass is 9.79. The van der Waals surface area contributed by atoms with Crippen molar-refractivity contribution in [1.82, 2.24) is 0 Å². The Balaban J connectivity index is 1.74. The monoisotopic (exact) mass is 438 g/mol. The van der Waals surface area contributed by atoms with E-state index in [9.17, 15) is 4.79 Å². The Labute approximate surface area is 186 Å². The first-order valence-corrected chi connectivity index (χ1v) is 11.1. The lowest BCUT2D eigenvalue weighted by Crippen LogP contribution is -2.27. The highest BCUT2D eigenvalue weighted by atomic mass is 35.5. The summed E-state index contributed by atoms with van der Waals surface area (Å²) < 4.78 is 10.9. The number of hydrogen-bond acceptors (Lipinski definition) is 4. The lowest BCUT2D eigenvalue weighted by Gasteiger charge is -2.30. The van der Waals surface area contributed by atoms with Crippen LogP contribution in [-0.2, 0) is 6.42 Å². The summed E-state index contributed by atoms with van der Waals surface area (Å²) in [5.41, 5.74) is 3.03. The number of ether oxygens (including phenoxy) is 2. The zero-order valence-corrected chi connectivity index (χ0v) is 18.5. The van der Waals surface area contributed by atoms with Crippen molar-refractivity contribution in [3.05, 3.63) is 88.4 Å². The fourth-order valence-corrected chi connectivity index (χ4v) is 5.40. The maximum absolute atomic E-state index is 13.5. The minimum atomic E-state index is -0.126. The van der Waals surface area contributed by atoms with E-state index in [-0.39, 0.29) is 17.0 Å². The average molecular weight is 439 g/mol. The van der Waals surface area contributed by atoms with Crippen LogP contribution < -0.4 is 9.47 Å². The van der Waals surface area contributed by atoms with Gasteiger partial charge in [-0.05, 0) is 60.4 Å². The SMILES string of the molecule is COc1ccc([C@H](Sc2ccc(Cl)cc2)[C@@H]2CCc3ccccc3C2=O)cc1OC. The van der Waals surface area contributed by atoms with E-state index in [2.05, 4.69) is 6.07 Å². The third-order valence-corrected chi connectivity index (χ3v) is 7.17. The van der Waals surface area contributed by atoms with Gasteiger partial charge >= 0.3 is 0 Å². The summed E-state index contributed by atoms with van der Waals surface area (Å²) in [6, 6.07) is 21.6. The Bertz CT molecular complexity index is 1050. The van der Waals surface area contributed by atoms with Crippen LogP contribution in [0.5, 0.6) is 11.5 Å². The molecular weight excluding hydrogens is 416 g/mol. The van der Waals surface area contributed by atoms with Gasteiger partial charge in [-0.3, -0.25) is 4.79 Å². The van der Waals surface area contributed by atoms with Crippen LogP contribution in [0.3, 0.4) is 0 Å². The molecule has 0 aliphatic heterocycles. The van der Waals surface area contributed by atoms with Gasteiger partial charge in [0.15, 0.2) is 17.3 Å². The highest BCUT2D eigenvalue weighted by Gasteiger charge is 2.35. The summed E-state index contributed by atoms with van der Waals surface area (Å²) in [5, 5.41) is 0.650. The molecule has 3 aromatic carbocycles. The van der Waals surface area contributed by atoms with Gasteiger partial charge in [0, 0.05) is 26.6 Å². The van der Waals surface area contributed by atoms with Crippen LogP contribution in [0.4, 0.5) is 0 Å². The van der Waals surface area contributed by atoms with Crippen LogP contribution in [0, 0.1) is 5.92 Å². The van der Waals surface area contributed by atoms with Crippen molar-refractivity contribution in [3.8, 4) is 11.5 Å². The number of thioether (sulfide) groups is 1. The van der Waals surface area contributed by atoms with Crippen molar-refractivity contribution >= 4 is 29.1 Å². The van der Waals surface area contributed by atoms with Crippen molar-refractivity contribution in [2.45, 2.75) is 23.0 Å². The molecule has 0 heterocycles. The molecule has 0 spiro atoms. The van der Waals surface area contributed by atoms with Crippen molar-refractivity contribution in [3.63, 3.8) is 0 Å². The van der Waals surface area contributed by atoms with Crippen LogP contribution >= 0.6 is 23.4 Å². The van der Waals surface area contributed by atoms with Gasteiger partial charge in [-0.2, -0.15) is 0 Å². The standard InChI is InChI=1S/C25H23ClO3S/c1-28-22-14-8-17(15-23(22)29-2)25(30-19-11-9-18(26)10-12-19)21-13-7-16-5-3-4-6-20(16)24(21)27/h3-6,8-12,14-15,21,25H,7,13H2,1-2H3/t21-,25+/m1/s1. The maximum atomic E-state index is 13.5. The van der Waals surface area contributed by atoms with E-state index in [0.717, 1.165) is 34.4 Å². The number of methoxy groups -OCH3 is 2. The average Bonchev–Trinajstić information content (AvgIpc) is 2.79. The van der Waals surface area contributed by atoms with Crippen molar-refractivity contribution in [2.24, 2.45) is 5.92 Å². The Morgan fingerprint density at radius 2 is 1.70 bits per heavy atom. The predicted molar refractivity (Wildman–Crippen MR) is 122 cm³/mol. The molecule has 0 bridgehead atoms. The number of carbonyl (C=O) groups is 1. The van der Waals surface area contributed by atoms with Gasteiger partial charge < -0.3 is 9.47 Å². The summed E-state index contributed by atoms with van der Waals surface area (Å²) in [7, 11) is 3.25. The van der Waals surface area contributed by atoms with E-state index in [1.165, 1.54) is 0 Å². The van der Waals surface area contributed by atoms with Gasteiger partial charge in [0.2, 0.25) is 0 Å². The molecule has 3 aromatic rings. The Kier molecular flexibility index (Phi) is 6.35. The molecule has 2 atom stereocenters. The molecule has 154 valence electrons. The molecule has 0 N–H and O–H groups in total. The molecule has 30 heavy (non-hydrogen) atoms. The van der Waals surface area contributed by atoms with Crippen LogP contribution in [-0.4, -0.2) is 20.0 Å². The number of ketones is 1. The minimum Gasteiger partial charge on any atom is -0.493 e. The lowest BCUT2D eigenvalue weighted by molar-refractivity contribution is 0.0899. The molecule has 3 nitrogen and oxygen atoms in total. The second-order valence-corrected chi connectivity index (χ2v) is 8.92. The molecule has 0 aromatic heterocycles. The van der Waals surface area contributed by atoms with Gasteiger partial charge in [-0.15, -0.1) is 11.8 Å². The number of fused-ring (bicyclic) bond motifs is 1. The molecule has 0 fully saturated rings. The third kappa shape index (κ3) is 4.21. The smallest absolute Gasteiger partial charge is 0.167 e. The number of hydrogen-bond donors (Lipinski definition) is 0. The molecule has 0 saturated heterocycles. The van der Waals surface area contributed by atoms with Gasteiger partial charge in [0.1, 0.15) is 0 Å². The number of aryl methyl sites for hydroxylation is 1. The van der Waals surface area contributed by atoms with Crippen molar-refractivity contribution < 1.29 is 14.3 Å². The van der Waals surface area contributed by atoms with Crippen LogP contribution in [0.15, 0.2) is 71.6 Å². The quantitative estimate of drug-likeness (QED) is 0.404. The fraction of sp³-hybridized carbons (Fsp3) is 0.240. The first-order valence-electron chi connectivity index (χ1n) is 9.87. The highest BCUT2D eigenvalue weighted by Crippen LogP contribution is 2.47. The fourth-order valence-electron chi connectivity index (χ4n) is 3.98. The summed E-state index contributed by atoms with van der Waals surface area (Å²) in [5.74, 6) is 1.42. The number of rotatable bonds is 6. The summed E-state index contributed by atoms with van der Waals surface area (Å²) >= 11 is 7.76. The number of carbonyl (C=O) groups excluding carboxylic acids is 1. The molecule has 4 rings (SSSR count). The Hall–Kier alpha value is -2.43. The molecule has 1 aliphatic carbocycles. The second-order valence-electron chi connectivity index (χ2n) is 7.27. The molecule has 5 heteroatoms. The van der Waals surface area contributed by atoms with Gasteiger partial charge in [-0.25, -0.2) is 0 Å². The van der Waals surface area contributed by atoms with E-state index < -0.39 is 0 Å². The number of benzene rings is 3. The van der Waals surface area contributed by atoms with E-state index in [1.54, 1.807) is 26.0 Å². The second kappa shape index (κ2) is 9.15. The zero-order chi connectivity index (χ0) is 21.1.